The summed E-state index contributed by atoms with van der Waals surface area (Å²) < 4.78 is 36.7. The quantitative estimate of drug-likeness (QED) is 0.610. The third kappa shape index (κ3) is 4.54. The summed E-state index contributed by atoms with van der Waals surface area (Å²) in [7, 11) is -4.35. The van der Waals surface area contributed by atoms with Crippen LogP contribution >= 0.6 is 0 Å². The Morgan fingerprint density at radius 2 is 2.00 bits per heavy atom. The first-order valence-corrected chi connectivity index (χ1v) is 7.35. The third-order valence-electron chi connectivity index (χ3n) is 2.48. The summed E-state index contributed by atoms with van der Waals surface area (Å²) in [5, 5.41) is 0. The summed E-state index contributed by atoms with van der Waals surface area (Å²) in [6.07, 6.45) is 4.08. The Bertz CT molecular complexity index is 485. The van der Waals surface area contributed by atoms with Crippen LogP contribution < -0.4 is 10.5 Å². The van der Waals surface area contributed by atoms with Crippen molar-refractivity contribution < 1.29 is 17.7 Å². The lowest BCUT2D eigenvalue weighted by molar-refractivity contribution is 0.296. The fourth-order valence-corrected chi connectivity index (χ4v) is 2.20. The Labute approximate surface area is 108 Å². The summed E-state index contributed by atoms with van der Waals surface area (Å²) >= 11 is 0. The van der Waals surface area contributed by atoms with Gasteiger partial charge in [0.15, 0.2) is 0 Å². The molecule has 0 aliphatic carbocycles. The molecule has 5 nitrogen and oxygen atoms in total. The molecule has 18 heavy (non-hydrogen) atoms. The molecular formula is C12H18NO4S. The van der Waals surface area contributed by atoms with E-state index in [1.54, 1.807) is 0 Å². The van der Waals surface area contributed by atoms with Crippen LogP contribution in [0.5, 0.6) is 5.75 Å². The van der Waals surface area contributed by atoms with Crippen molar-refractivity contribution in [3.63, 3.8) is 0 Å². The summed E-state index contributed by atoms with van der Waals surface area (Å²) in [6, 6.07) is 3.90. The van der Waals surface area contributed by atoms with Crippen LogP contribution in [0.25, 0.3) is 0 Å². The monoisotopic (exact) mass is 272 g/mol. The van der Waals surface area contributed by atoms with Crippen molar-refractivity contribution in [2.45, 2.75) is 37.5 Å². The highest BCUT2D eigenvalue weighted by Gasteiger charge is 2.17. The minimum Gasteiger partial charge on any atom is -0.492 e. The zero-order chi connectivity index (χ0) is 13.6. The SMILES string of the molecule is CCCCCCOc1ccc([NH])cc1S(=O)(=O)O. The standard InChI is InChI=1S/C12H18NO4S/c1-2-3-4-5-8-17-11-7-6-10(13)9-12(11)18(14,15)16/h6-7,9,13H,2-5,8H2,1H3,(H,14,15,16). The Balaban J connectivity index is 2.71. The van der Waals surface area contributed by atoms with E-state index in [0.29, 0.717) is 6.61 Å². The van der Waals surface area contributed by atoms with E-state index in [1.807, 2.05) is 0 Å². The summed E-state index contributed by atoms with van der Waals surface area (Å²) in [6.45, 7) is 2.50. The second-order valence-electron chi connectivity index (χ2n) is 4.05. The van der Waals surface area contributed by atoms with Crippen LogP contribution in [0.15, 0.2) is 23.1 Å². The highest BCUT2D eigenvalue weighted by atomic mass is 32.2. The highest BCUT2D eigenvalue weighted by molar-refractivity contribution is 7.86. The molecule has 0 aliphatic rings. The first-order valence-electron chi connectivity index (χ1n) is 5.91. The van der Waals surface area contributed by atoms with Crippen LogP contribution in [0.4, 0.5) is 5.69 Å². The molecule has 0 spiro atoms. The topological polar surface area (TPSA) is 87.4 Å². The lowest BCUT2D eigenvalue weighted by Gasteiger charge is -2.10. The molecule has 1 aromatic rings. The molecule has 0 saturated heterocycles. The molecule has 0 heterocycles. The molecular weight excluding hydrogens is 254 g/mol. The van der Waals surface area contributed by atoms with Gasteiger partial charge in [0.05, 0.1) is 12.3 Å². The van der Waals surface area contributed by atoms with Gasteiger partial charge in [-0.2, -0.15) is 8.42 Å². The number of hydrogen-bond donors (Lipinski definition) is 1. The molecule has 0 atom stereocenters. The van der Waals surface area contributed by atoms with Crippen LogP contribution in [-0.4, -0.2) is 19.6 Å². The molecule has 0 bridgehead atoms. The molecule has 6 heteroatoms. The lowest BCUT2D eigenvalue weighted by Crippen LogP contribution is -2.05. The van der Waals surface area contributed by atoms with Gasteiger partial charge in [0.25, 0.3) is 10.1 Å². The molecule has 1 radical (unpaired) electrons. The largest absolute Gasteiger partial charge is 0.492 e. The maximum Gasteiger partial charge on any atom is 0.298 e. The predicted molar refractivity (Wildman–Crippen MR) is 68.7 cm³/mol. The molecule has 2 N–H and O–H groups in total. The molecule has 0 aliphatic heterocycles. The van der Waals surface area contributed by atoms with Crippen molar-refractivity contribution in [1.29, 1.82) is 0 Å². The molecule has 101 valence electrons. The number of unbranched alkanes of at least 4 members (excludes halogenated alkanes) is 3. The minimum absolute atomic E-state index is 0.0148. The van der Waals surface area contributed by atoms with Crippen LogP contribution in [0, 0.1) is 0 Å². The van der Waals surface area contributed by atoms with Crippen molar-refractivity contribution in [3.8, 4) is 5.75 Å². The van der Waals surface area contributed by atoms with Gasteiger partial charge in [-0.3, -0.25) is 4.55 Å². The molecule has 0 unspecified atom stereocenters. The van der Waals surface area contributed by atoms with E-state index in [1.165, 1.54) is 12.1 Å². The number of rotatable bonds is 7. The van der Waals surface area contributed by atoms with Gasteiger partial charge < -0.3 is 10.5 Å². The van der Waals surface area contributed by atoms with E-state index >= 15 is 0 Å². The zero-order valence-corrected chi connectivity index (χ0v) is 11.2. The number of benzene rings is 1. The fraction of sp³-hybridized carbons (Fsp3) is 0.500. The van der Waals surface area contributed by atoms with E-state index in [9.17, 15) is 8.42 Å². The predicted octanol–water partition coefficient (Wildman–Crippen LogP) is 2.81. The summed E-state index contributed by atoms with van der Waals surface area (Å²) in [4.78, 5) is -0.342. The smallest absolute Gasteiger partial charge is 0.298 e. The van der Waals surface area contributed by atoms with Gasteiger partial charge in [-0.1, -0.05) is 26.2 Å². The van der Waals surface area contributed by atoms with Gasteiger partial charge in [-0.15, -0.1) is 0 Å². The van der Waals surface area contributed by atoms with Crippen molar-refractivity contribution in [3.05, 3.63) is 18.2 Å². The normalized spacial score (nSPS) is 11.4. The van der Waals surface area contributed by atoms with Crippen molar-refractivity contribution in [2.75, 3.05) is 6.61 Å². The first-order chi connectivity index (χ1) is 8.45. The van der Waals surface area contributed by atoms with Gasteiger partial charge >= 0.3 is 0 Å². The van der Waals surface area contributed by atoms with Crippen molar-refractivity contribution in [2.24, 2.45) is 0 Å². The minimum atomic E-state index is -4.35. The number of hydrogen-bond acceptors (Lipinski definition) is 3. The van der Waals surface area contributed by atoms with Gasteiger partial charge in [-0.25, -0.2) is 0 Å². The second-order valence-corrected chi connectivity index (χ2v) is 5.44. The van der Waals surface area contributed by atoms with Gasteiger partial charge in [0.1, 0.15) is 10.6 Å². The van der Waals surface area contributed by atoms with Crippen LogP contribution in [-0.2, 0) is 10.1 Å². The fourth-order valence-electron chi connectivity index (χ4n) is 1.54. The Kier molecular flexibility index (Phi) is 5.43. The van der Waals surface area contributed by atoms with Crippen LogP contribution in [0.3, 0.4) is 0 Å². The van der Waals surface area contributed by atoms with Gasteiger partial charge in [0.2, 0.25) is 0 Å². The Morgan fingerprint density at radius 1 is 1.28 bits per heavy atom. The zero-order valence-electron chi connectivity index (χ0n) is 10.3. The molecule has 0 fully saturated rings. The number of nitrogens with one attached hydrogen (secondary N) is 1. The van der Waals surface area contributed by atoms with Crippen LogP contribution in [0.1, 0.15) is 32.6 Å². The van der Waals surface area contributed by atoms with Gasteiger partial charge in [-0.05, 0) is 24.6 Å². The van der Waals surface area contributed by atoms with Crippen LogP contribution in [0.2, 0.25) is 0 Å². The summed E-state index contributed by atoms with van der Waals surface area (Å²) in [5.41, 5.74) is 7.36. The average molecular weight is 272 g/mol. The highest BCUT2D eigenvalue weighted by Crippen LogP contribution is 2.26. The van der Waals surface area contributed by atoms with Crippen molar-refractivity contribution in [1.82, 2.24) is 5.73 Å². The van der Waals surface area contributed by atoms with E-state index in [2.05, 4.69) is 6.92 Å². The average Bonchev–Trinajstić information content (AvgIpc) is 2.29. The van der Waals surface area contributed by atoms with E-state index in [4.69, 9.17) is 15.0 Å². The molecule has 0 amide bonds. The maximum atomic E-state index is 11.1. The third-order valence-corrected chi connectivity index (χ3v) is 3.35. The lowest BCUT2D eigenvalue weighted by atomic mass is 10.2. The summed E-state index contributed by atoms with van der Waals surface area (Å²) in [5.74, 6) is 0.102. The van der Waals surface area contributed by atoms with E-state index in [0.717, 1.165) is 31.7 Å². The molecule has 1 rings (SSSR count). The molecule has 0 aromatic heterocycles. The molecule has 0 saturated carbocycles. The van der Waals surface area contributed by atoms with Crippen molar-refractivity contribution >= 4 is 15.8 Å². The van der Waals surface area contributed by atoms with E-state index in [-0.39, 0.29) is 16.3 Å². The number of ether oxygens (including phenoxy) is 1. The van der Waals surface area contributed by atoms with E-state index < -0.39 is 10.1 Å². The Morgan fingerprint density at radius 3 is 2.61 bits per heavy atom. The molecule has 1 aromatic carbocycles. The Hall–Kier alpha value is -1.27. The first kappa shape index (κ1) is 14.8. The maximum absolute atomic E-state index is 11.1. The second kappa shape index (κ2) is 6.61. The van der Waals surface area contributed by atoms with Gasteiger partial charge in [0, 0.05) is 0 Å².